The first-order valence-corrected chi connectivity index (χ1v) is 7.45. The summed E-state index contributed by atoms with van der Waals surface area (Å²) in [7, 11) is 0. The molecule has 1 saturated heterocycles. The summed E-state index contributed by atoms with van der Waals surface area (Å²) in [4.78, 5) is 30.4. The number of piperazine rings is 1. The maximum absolute atomic E-state index is 12.3. The maximum atomic E-state index is 12.3. The lowest BCUT2D eigenvalue weighted by molar-refractivity contribution is 0.0611. The van der Waals surface area contributed by atoms with Gasteiger partial charge in [-0.3, -0.25) is 14.5 Å². The quantitative estimate of drug-likeness (QED) is 0.776. The summed E-state index contributed by atoms with van der Waals surface area (Å²) in [6, 6.07) is 3.02. The Morgan fingerprint density at radius 2 is 2.05 bits per heavy atom. The summed E-state index contributed by atoms with van der Waals surface area (Å²) in [6.45, 7) is 4.84. The smallest absolute Gasteiger partial charge is 0.255 e. The topological polar surface area (TPSA) is 82.4 Å². The standard InChI is InChI=1S/C14H20N4O2S/c1-2-11(13(15)21)17-5-7-18(8-6-17)14(20)10-3-4-12(19)16-9-10/h3-4,9,11H,2,5-8H2,1H3,(H2,15,21)(H,16,19). The van der Waals surface area contributed by atoms with Crippen molar-refractivity contribution in [2.45, 2.75) is 19.4 Å². The van der Waals surface area contributed by atoms with E-state index in [1.54, 1.807) is 11.0 Å². The van der Waals surface area contributed by atoms with Gasteiger partial charge in [0, 0.05) is 38.4 Å². The lowest BCUT2D eigenvalue weighted by Crippen LogP contribution is -2.54. The van der Waals surface area contributed by atoms with Crippen LogP contribution >= 0.6 is 12.2 Å². The lowest BCUT2D eigenvalue weighted by Gasteiger charge is -2.38. The Hall–Kier alpha value is -1.73. The van der Waals surface area contributed by atoms with Crippen LogP contribution in [0.5, 0.6) is 0 Å². The number of aromatic nitrogens is 1. The van der Waals surface area contributed by atoms with E-state index in [2.05, 4.69) is 16.8 Å². The molecule has 0 aliphatic carbocycles. The molecule has 1 amide bonds. The van der Waals surface area contributed by atoms with Crippen LogP contribution in [-0.2, 0) is 0 Å². The van der Waals surface area contributed by atoms with Crippen LogP contribution in [-0.4, -0.2) is 57.9 Å². The van der Waals surface area contributed by atoms with Crippen LogP contribution in [0, 0.1) is 0 Å². The van der Waals surface area contributed by atoms with E-state index < -0.39 is 0 Å². The van der Waals surface area contributed by atoms with Crippen LogP contribution in [0.2, 0.25) is 0 Å². The molecule has 6 nitrogen and oxygen atoms in total. The van der Waals surface area contributed by atoms with Crippen LogP contribution in [0.3, 0.4) is 0 Å². The Kier molecular flexibility index (Phi) is 5.08. The van der Waals surface area contributed by atoms with Gasteiger partial charge in [0.15, 0.2) is 0 Å². The average Bonchev–Trinajstić information content (AvgIpc) is 2.48. The minimum Gasteiger partial charge on any atom is -0.392 e. The monoisotopic (exact) mass is 308 g/mol. The van der Waals surface area contributed by atoms with Crippen molar-refractivity contribution in [3.05, 3.63) is 34.2 Å². The molecule has 1 aliphatic rings. The van der Waals surface area contributed by atoms with Crippen LogP contribution in [0.15, 0.2) is 23.1 Å². The zero-order chi connectivity index (χ0) is 15.4. The second-order valence-electron chi connectivity index (χ2n) is 5.10. The molecule has 114 valence electrons. The third-order valence-electron chi connectivity index (χ3n) is 3.79. The average molecular weight is 308 g/mol. The van der Waals surface area contributed by atoms with Crippen molar-refractivity contribution in [2.24, 2.45) is 5.73 Å². The third kappa shape index (κ3) is 3.68. The molecule has 21 heavy (non-hydrogen) atoms. The molecular formula is C14H20N4O2S. The van der Waals surface area contributed by atoms with Crippen molar-refractivity contribution in [1.29, 1.82) is 0 Å². The van der Waals surface area contributed by atoms with Gasteiger partial charge in [-0.1, -0.05) is 19.1 Å². The first-order chi connectivity index (χ1) is 10.0. The van der Waals surface area contributed by atoms with Crippen LogP contribution in [0.25, 0.3) is 0 Å². The number of nitrogens with one attached hydrogen (secondary N) is 1. The van der Waals surface area contributed by atoms with Gasteiger partial charge in [0.2, 0.25) is 5.56 Å². The van der Waals surface area contributed by atoms with Crippen molar-refractivity contribution in [3.63, 3.8) is 0 Å². The van der Waals surface area contributed by atoms with Crippen molar-refractivity contribution in [3.8, 4) is 0 Å². The SMILES string of the molecule is CCC(C(N)=S)N1CCN(C(=O)c2ccc(=O)[nH]c2)CC1. The molecule has 2 heterocycles. The third-order valence-corrected chi connectivity index (χ3v) is 4.06. The Bertz CT molecular complexity index is 558. The number of rotatable bonds is 4. The molecule has 0 spiro atoms. The number of aromatic amines is 1. The largest absolute Gasteiger partial charge is 0.392 e. The highest BCUT2D eigenvalue weighted by molar-refractivity contribution is 7.80. The molecular weight excluding hydrogens is 288 g/mol. The number of hydrogen-bond acceptors (Lipinski definition) is 4. The van der Waals surface area contributed by atoms with E-state index in [9.17, 15) is 9.59 Å². The van der Waals surface area contributed by atoms with Gasteiger partial charge in [-0.2, -0.15) is 0 Å². The summed E-state index contributed by atoms with van der Waals surface area (Å²) in [5, 5.41) is 0. The van der Waals surface area contributed by atoms with Crippen molar-refractivity contribution in [2.75, 3.05) is 26.2 Å². The van der Waals surface area contributed by atoms with E-state index in [1.165, 1.54) is 12.3 Å². The first kappa shape index (κ1) is 15.7. The van der Waals surface area contributed by atoms with Gasteiger partial charge in [0.05, 0.1) is 16.6 Å². The van der Waals surface area contributed by atoms with Gasteiger partial charge in [-0.25, -0.2) is 0 Å². The fraction of sp³-hybridized carbons (Fsp3) is 0.500. The molecule has 3 N–H and O–H groups in total. The fourth-order valence-corrected chi connectivity index (χ4v) is 2.92. The summed E-state index contributed by atoms with van der Waals surface area (Å²) in [5.41, 5.74) is 6.05. The molecule has 1 aliphatic heterocycles. The predicted molar refractivity (Wildman–Crippen MR) is 85.4 cm³/mol. The maximum Gasteiger partial charge on any atom is 0.255 e. The summed E-state index contributed by atoms with van der Waals surface area (Å²) in [6.07, 6.45) is 2.34. The number of hydrogen-bond donors (Lipinski definition) is 2. The molecule has 2 rings (SSSR count). The number of nitrogens with zero attached hydrogens (tertiary/aromatic N) is 2. The minimum absolute atomic E-state index is 0.0609. The molecule has 0 radical (unpaired) electrons. The Labute approximate surface area is 128 Å². The highest BCUT2D eigenvalue weighted by Gasteiger charge is 2.27. The molecule has 0 bridgehead atoms. The van der Waals surface area contributed by atoms with E-state index in [0.717, 1.165) is 19.5 Å². The van der Waals surface area contributed by atoms with E-state index in [4.69, 9.17) is 18.0 Å². The Balaban J connectivity index is 1.97. The van der Waals surface area contributed by atoms with E-state index in [0.29, 0.717) is 23.6 Å². The number of nitrogens with two attached hydrogens (primary N) is 1. The van der Waals surface area contributed by atoms with E-state index >= 15 is 0 Å². The molecule has 1 unspecified atom stereocenters. The number of carbonyl (C=O) groups excluding carboxylic acids is 1. The van der Waals surface area contributed by atoms with Crippen molar-refractivity contribution < 1.29 is 4.79 Å². The molecule has 1 fully saturated rings. The highest BCUT2D eigenvalue weighted by Crippen LogP contribution is 2.12. The molecule has 0 saturated carbocycles. The first-order valence-electron chi connectivity index (χ1n) is 7.04. The van der Waals surface area contributed by atoms with Crippen LogP contribution in [0.1, 0.15) is 23.7 Å². The van der Waals surface area contributed by atoms with Gasteiger partial charge in [-0.05, 0) is 12.5 Å². The molecule has 1 aromatic rings. The predicted octanol–water partition coefficient (Wildman–Crippen LogP) is 0.197. The number of H-pyrrole nitrogens is 1. The molecule has 1 atom stereocenters. The fourth-order valence-electron chi connectivity index (χ4n) is 2.60. The van der Waals surface area contributed by atoms with Crippen molar-refractivity contribution in [1.82, 2.24) is 14.8 Å². The van der Waals surface area contributed by atoms with Gasteiger partial charge in [0.1, 0.15) is 0 Å². The number of amides is 1. The zero-order valence-corrected chi connectivity index (χ0v) is 12.9. The Morgan fingerprint density at radius 1 is 1.38 bits per heavy atom. The normalized spacial score (nSPS) is 17.5. The summed E-state index contributed by atoms with van der Waals surface area (Å²) in [5.74, 6) is -0.0609. The van der Waals surface area contributed by atoms with Gasteiger partial charge in [0.25, 0.3) is 5.91 Å². The van der Waals surface area contributed by atoms with Crippen LogP contribution in [0.4, 0.5) is 0 Å². The molecule has 0 aromatic carbocycles. The number of carbonyl (C=O) groups is 1. The molecule has 7 heteroatoms. The van der Waals surface area contributed by atoms with Gasteiger partial charge < -0.3 is 15.6 Å². The number of pyridine rings is 1. The zero-order valence-electron chi connectivity index (χ0n) is 12.0. The van der Waals surface area contributed by atoms with Gasteiger partial charge >= 0.3 is 0 Å². The van der Waals surface area contributed by atoms with E-state index in [-0.39, 0.29) is 17.5 Å². The summed E-state index contributed by atoms with van der Waals surface area (Å²) >= 11 is 5.09. The van der Waals surface area contributed by atoms with Crippen molar-refractivity contribution >= 4 is 23.1 Å². The highest BCUT2D eigenvalue weighted by atomic mass is 32.1. The summed E-state index contributed by atoms with van der Waals surface area (Å²) < 4.78 is 0. The minimum atomic E-state index is -0.210. The lowest BCUT2D eigenvalue weighted by atomic mass is 10.1. The van der Waals surface area contributed by atoms with Crippen LogP contribution < -0.4 is 11.3 Å². The van der Waals surface area contributed by atoms with E-state index in [1.807, 2.05) is 0 Å². The Morgan fingerprint density at radius 3 is 2.52 bits per heavy atom. The molecule has 1 aromatic heterocycles. The second-order valence-corrected chi connectivity index (χ2v) is 5.57. The number of thiocarbonyl (C=S) groups is 1. The van der Waals surface area contributed by atoms with Gasteiger partial charge in [-0.15, -0.1) is 0 Å². The second kappa shape index (κ2) is 6.82.